The van der Waals surface area contributed by atoms with E-state index >= 15 is 0 Å². The molecule has 2 unspecified atom stereocenters. The highest BCUT2D eigenvalue weighted by atomic mass is 16.5. The standard InChI is InChI=1S/C24H32N8O/c1-17(32-16-23(28-30-32)19-11-21(33-2)14-25-13-19)22-8-9-24(29-27-22)31-10-4-7-20(15-31)26-12-18-5-3-6-18/h8-9,11,13-14,16-18,20,26H,3-7,10,12,15H2,1-2H3. The van der Waals surface area contributed by atoms with Gasteiger partial charge in [-0.25, -0.2) is 4.68 Å². The van der Waals surface area contributed by atoms with Gasteiger partial charge in [-0.15, -0.1) is 10.2 Å². The van der Waals surface area contributed by atoms with Crippen molar-refractivity contribution in [2.75, 3.05) is 31.6 Å². The SMILES string of the molecule is COc1cncc(-c2cn(C(C)c3ccc(N4CCCC(NCC5CCC5)C4)nn3)nn2)c1. The maximum absolute atomic E-state index is 5.26. The van der Waals surface area contributed by atoms with E-state index in [4.69, 9.17) is 4.74 Å². The van der Waals surface area contributed by atoms with Crippen LogP contribution < -0.4 is 15.0 Å². The normalized spacial score (nSPS) is 19.8. The second-order valence-corrected chi connectivity index (χ2v) is 9.18. The Labute approximate surface area is 194 Å². The molecule has 2 fully saturated rings. The van der Waals surface area contributed by atoms with Crippen molar-refractivity contribution in [3.8, 4) is 17.0 Å². The third kappa shape index (κ3) is 4.98. The van der Waals surface area contributed by atoms with Crippen LogP contribution in [0.5, 0.6) is 5.75 Å². The zero-order valence-electron chi connectivity index (χ0n) is 19.4. The highest BCUT2D eigenvalue weighted by Gasteiger charge is 2.24. The third-order valence-corrected chi connectivity index (χ3v) is 6.92. The zero-order chi connectivity index (χ0) is 22.6. The minimum Gasteiger partial charge on any atom is -0.495 e. The Morgan fingerprint density at radius 2 is 2.03 bits per heavy atom. The average molecular weight is 449 g/mol. The number of piperidine rings is 1. The summed E-state index contributed by atoms with van der Waals surface area (Å²) in [6.07, 6.45) is 11.9. The van der Waals surface area contributed by atoms with Gasteiger partial charge in [-0.2, -0.15) is 5.10 Å². The fraction of sp³-hybridized carbons (Fsp3) is 0.542. The highest BCUT2D eigenvalue weighted by Crippen LogP contribution is 2.26. The quantitative estimate of drug-likeness (QED) is 0.562. The van der Waals surface area contributed by atoms with E-state index in [9.17, 15) is 0 Å². The van der Waals surface area contributed by atoms with Gasteiger partial charge < -0.3 is 15.0 Å². The van der Waals surface area contributed by atoms with Crippen LogP contribution in [0.25, 0.3) is 11.3 Å². The van der Waals surface area contributed by atoms with Crippen molar-refractivity contribution in [1.82, 2.24) is 35.5 Å². The van der Waals surface area contributed by atoms with E-state index in [1.807, 2.05) is 25.3 Å². The van der Waals surface area contributed by atoms with Crippen LogP contribution in [0.2, 0.25) is 0 Å². The van der Waals surface area contributed by atoms with E-state index in [2.05, 4.69) is 41.8 Å². The van der Waals surface area contributed by atoms with Crippen LogP contribution in [0.1, 0.15) is 50.8 Å². The molecular weight excluding hydrogens is 416 g/mol. The molecule has 3 aromatic rings. The number of methoxy groups -OCH3 is 1. The largest absolute Gasteiger partial charge is 0.495 e. The lowest BCUT2D eigenvalue weighted by molar-refractivity contribution is 0.280. The zero-order valence-corrected chi connectivity index (χ0v) is 19.4. The first-order valence-electron chi connectivity index (χ1n) is 11.9. The molecule has 0 radical (unpaired) electrons. The molecule has 174 valence electrons. The van der Waals surface area contributed by atoms with E-state index in [-0.39, 0.29) is 6.04 Å². The Morgan fingerprint density at radius 3 is 2.79 bits per heavy atom. The van der Waals surface area contributed by atoms with Gasteiger partial charge in [0.2, 0.25) is 0 Å². The first-order chi connectivity index (χ1) is 16.2. The summed E-state index contributed by atoms with van der Waals surface area (Å²) in [6, 6.07) is 6.49. The fourth-order valence-electron chi connectivity index (χ4n) is 4.51. The predicted octanol–water partition coefficient (Wildman–Crippen LogP) is 3.11. The van der Waals surface area contributed by atoms with Crippen LogP contribution in [0.15, 0.2) is 36.8 Å². The molecule has 9 nitrogen and oxygen atoms in total. The Balaban J connectivity index is 1.22. The van der Waals surface area contributed by atoms with Crippen LogP contribution in [-0.2, 0) is 0 Å². The molecule has 4 heterocycles. The maximum atomic E-state index is 5.26. The molecule has 0 amide bonds. The number of hydrogen-bond acceptors (Lipinski definition) is 8. The second kappa shape index (κ2) is 9.82. The molecule has 33 heavy (non-hydrogen) atoms. The molecule has 1 saturated heterocycles. The number of ether oxygens (including phenoxy) is 1. The summed E-state index contributed by atoms with van der Waals surface area (Å²) in [5, 5.41) is 21.5. The summed E-state index contributed by atoms with van der Waals surface area (Å²) < 4.78 is 7.06. The number of nitrogens with zero attached hydrogens (tertiary/aromatic N) is 7. The van der Waals surface area contributed by atoms with Gasteiger partial charge in [0.1, 0.15) is 11.4 Å². The molecule has 2 atom stereocenters. The van der Waals surface area contributed by atoms with Crippen molar-refractivity contribution in [3.05, 3.63) is 42.5 Å². The summed E-state index contributed by atoms with van der Waals surface area (Å²) in [6.45, 7) is 5.24. The van der Waals surface area contributed by atoms with Gasteiger partial charge in [0.05, 0.1) is 31.2 Å². The summed E-state index contributed by atoms with van der Waals surface area (Å²) in [7, 11) is 1.62. The monoisotopic (exact) mass is 448 g/mol. The Kier molecular flexibility index (Phi) is 6.48. The van der Waals surface area contributed by atoms with Gasteiger partial charge in [-0.3, -0.25) is 4.98 Å². The topological polar surface area (TPSA) is 93.9 Å². The van der Waals surface area contributed by atoms with E-state index in [1.165, 1.54) is 32.1 Å². The number of pyridine rings is 1. The van der Waals surface area contributed by atoms with Gasteiger partial charge in [-0.1, -0.05) is 11.6 Å². The molecule has 0 bridgehead atoms. The minimum atomic E-state index is -0.0791. The van der Waals surface area contributed by atoms with Crippen molar-refractivity contribution < 1.29 is 4.74 Å². The molecule has 1 saturated carbocycles. The molecule has 1 N–H and O–H groups in total. The van der Waals surface area contributed by atoms with Crippen LogP contribution >= 0.6 is 0 Å². The lowest BCUT2D eigenvalue weighted by atomic mass is 9.85. The molecular formula is C24H32N8O. The molecule has 2 aliphatic rings. The number of anilines is 1. The number of nitrogens with one attached hydrogen (secondary N) is 1. The van der Waals surface area contributed by atoms with Gasteiger partial charge in [0, 0.05) is 30.9 Å². The van der Waals surface area contributed by atoms with E-state index in [0.29, 0.717) is 11.8 Å². The van der Waals surface area contributed by atoms with Gasteiger partial charge in [-0.05, 0) is 63.3 Å². The third-order valence-electron chi connectivity index (χ3n) is 6.92. The summed E-state index contributed by atoms with van der Waals surface area (Å²) in [5.41, 5.74) is 2.46. The van der Waals surface area contributed by atoms with Crippen LogP contribution in [-0.4, -0.2) is 63.0 Å². The Bertz CT molecular complexity index is 1050. The molecule has 3 aromatic heterocycles. The van der Waals surface area contributed by atoms with Crippen LogP contribution in [0, 0.1) is 5.92 Å². The van der Waals surface area contributed by atoms with E-state index in [0.717, 1.165) is 48.3 Å². The lowest BCUT2D eigenvalue weighted by Gasteiger charge is -2.35. The first kappa shape index (κ1) is 21.8. The smallest absolute Gasteiger partial charge is 0.151 e. The summed E-state index contributed by atoms with van der Waals surface area (Å²) >= 11 is 0. The number of hydrogen-bond donors (Lipinski definition) is 1. The van der Waals surface area contributed by atoms with Gasteiger partial charge >= 0.3 is 0 Å². The highest BCUT2D eigenvalue weighted by molar-refractivity contribution is 5.58. The Hall–Kier alpha value is -3.07. The second-order valence-electron chi connectivity index (χ2n) is 9.18. The van der Waals surface area contributed by atoms with Crippen molar-refractivity contribution in [3.63, 3.8) is 0 Å². The van der Waals surface area contributed by atoms with Crippen LogP contribution in [0.4, 0.5) is 5.82 Å². The van der Waals surface area contributed by atoms with Crippen molar-refractivity contribution >= 4 is 5.82 Å². The predicted molar refractivity (Wildman–Crippen MR) is 126 cm³/mol. The lowest BCUT2D eigenvalue weighted by Crippen LogP contribution is -2.47. The molecule has 1 aliphatic carbocycles. The summed E-state index contributed by atoms with van der Waals surface area (Å²) in [4.78, 5) is 6.55. The maximum Gasteiger partial charge on any atom is 0.151 e. The Morgan fingerprint density at radius 1 is 1.12 bits per heavy atom. The van der Waals surface area contributed by atoms with Gasteiger partial charge in [0.15, 0.2) is 5.82 Å². The molecule has 0 aromatic carbocycles. The minimum absolute atomic E-state index is 0.0791. The van der Waals surface area contributed by atoms with Crippen LogP contribution in [0.3, 0.4) is 0 Å². The number of rotatable bonds is 8. The fourth-order valence-corrected chi connectivity index (χ4v) is 4.51. The first-order valence-corrected chi connectivity index (χ1v) is 11.9. The average Bonchev–Trinajstić information content (AvgIpc) is 3.33. The van der Waals surface area contributed by atoms with Crippen molar-refractivity contribution in [2.45, 2.75) is 51.1 Å². The molecule has 9 heteroatoms. The molecule has 5 rings (SSSR count). The summed E-state index contributed by atoms with van der Waals surface area (Å²) in [5.74, 6) is 2.52. The van der Waals surface area contributed by atoms with Crippen molar-refractivity contribution in [2.24, 2.45) is 5.92 Å². The number of aromatic nitrogens is 6. The van der Waals surface area contributed by atoms with Gasteiger partial charge in [0.25, 0.3) is 0 Å². The molecule has 1 aliphatic heterocycles. The van der Waals surface area contributed by atoms with Crippen molar-refractivity contribution in [1.29, 1.82) is 0 Å². The van der Waals surface area contributed by atoms with E-state index < -0.39 is 0 Å². The van der Waals surface area contributed by atoms with E-state index in [1.54, 1.807) is 24.2 Å². The molecule has 0 spiro atoms.